The molecule has 0 aliphatic heterocycles. The molecule has 1 aliphatic rings. The van der Waals surface area contributed by atoms with Crippen molar-refractivity contribution in [3.63, 3.8) is 0 Å². The predicted molar refractivity (Wildman–Crippen MR) is 63.6 cm³/mol. The van der Waals surface area contributed by atoms with E-state index in [9.17, 15) is 4.79 Å². The van der Waals surface area contributed by atoms with Crippen molar-refractivity contribution >= 4 is 23.8 Å². The molecule has 16 heavy (non-hydrogen) atoms. The topological polar surface area (TPSA) is 40.5 Å². The summed E-state index contributed by atoms with van der Waals surface area (Å²) in [6, 6.07) is 5.43. The van der Waals surface area contributed by atoms with Gasteiger partial charge < -0.3 is 10.0 Å². The summed E-state index contributed by atoms with van der Waals surface area (Å²) in [6.07, 6.45) is 3.74. The molecule has 1 aromatic rings. The summed E-state index contributed by atoms with van der Waals surface area (Å²) in [7, 11) is 1.59. The van der Waals surface area contributed by atoms with Gasteiger partial charge in [0.15, 0.2) is 0 Å². The van der Waals surface area contributed by atoms with Crippen LogP contribution in [0.1, 0.15) is 23.6 Å². The summed E-state index contributed by atoms with van der Waals surface area (Å²) in [6.45, 7) is 0. The Morgan fingerprint density at radius 2 is 2.31 bits per heavy atom. The number of fused-ring (bicyclic) bond motifs is 1. The Hall–Kier alpha value is -1.48. The van der Waals surface area contributed by atoms with Crippen molar-refractivity contribution in [2.24, 2.45) is 0 Å². The Morgan fingerprint density at radius 3 is 3.00 bits per heavy atom. The summed E-state index contributed by atoms with van der Waals surface area (Å²) in [5.74, 6) is 0. The van der Waals surface area contributed by atoms with Gasteiger partial charge in [0.1, 0.15) is 0 Å². The number of amides is 1. The van der Waals surface area contributed by atoms with Gasteiger partial charge in [-0.05, 0) is 29.7 Å². The van der Waals surface area contributed by atoms with Gasteiger partial charge in [0.2, 0.25) is 0 Å². The van der Waals surface area contributed by atoms with Crippen LogP contribution in [0.15, 0.2) is 24.3 Å². The molecule has 1 N–H and O–H groups in total. The molecule has 0 fully saturated rings. The van der Waals surface area contributed by atoms with Gasteiger partial charge in [-0.2, -0.15) is 0 Å². The number of halogens is 1. The summed E-state index contributed by atoms with van der Waals surface area (Å²) in [5.41, 5.74) is 2.01. The van der Waals surface area contributed by atoms with Gasteiger partial charge >= 0.3 is 6.09 Å². The van der Waals surface area contributed by atoms with Crippen molar-refractivity contribution in [1.29, 1.82) is 0 Å². The standard InChI is InChI=1S/C12H12ClNO2/c1-14(12(15)16)11-4-2-3-8-7-9(13)5-6-10(8)11/h2-3,5-7,11H,4H2,1H3,(H,15,16). The first-order valence-electron chi connectivity index (χ1n) is 5.01. The first-order chi connectivity index (χ1) is 7.59. The highest BCUT2D eigenvalue weighted by molar-refractivity contribution is 6.30. The van der Waals surface area contributed by atoms with Crippen LogP contribution in [0, 0.1) is 0 Å². The summed E-state index contributed by atoms with van der Waals surface area (Å²) < 4.78 is 0. The molecule has 1 aliphatic carbocycles. The number of carboxylic acid groups (broad SMARTS) is 1. The molecular formula is C12H12ClNO2. The van der Waals surface area contributed by atoms with E-state index in [1.165, 1.54) is 4.90 Å². The Balaban J connectivity index is 2.41. The second-order valence-electron chi connectivity index (χ2n) is 3.82. The van der Waals surface area contributed by atoms with E-state index in [0.29, 0.717) is 11.4 Å². The largest absolute Gasteiger partial charge is 0.465 e. The van der Waals surface area contributed by atoms with Crippen LogP contribution in [0.5, 0.6) is 0 Å². The van der Waals surface area contributed by atoms with Crippen LogP contribution in [-0.4, -0.2) is 23.1 Å². The molecule has 4 heteroatoms. The SMILES string of the molecule is CN(C(=O)O)C1CC=Cc2cc(Cl)ccc21. The molecule has 0 spiro atoms. The van der Waals surface area contributed by atoms with Crippen LogP contribution >= 0.6 is 11.6 Å². The lowest BCUT2D eigenvalue weighted by molar-refractivity contribution is 0.138. The summed E-state index contributed by atoms with van der Waals surface area (Å²) in [5, 5.41) is 9.66. The van der Waals surface area contributed by atoms with Crippen LogP contribution in [0.2, 0.25) is 5.02 Å². The number of carbonyl (C=O) groups is 1. The van der Waals surface area contributed by atoms with Crippen LogP contribution < -0.4 is 0 Å². The Labute approximate surface area is 98.9 Å². The van der Waals surface area contributed by atoms with Gasteiger partial charge in [0.25, 0.3) is 0 Å². The number of hydrogen-bond donors (Lipinski definition) is 1. The van der Waals surface area contributed by atoms with Crippen molar-refractivity contribution in [3.05, 3.63) is 40.4 Å². The minimum atomic E-state index is -0.916. The fraction of sp³-hybridized carbons (Fsp3) is 0.250. The third-order valence-electron chi connectivity index (χ3n) is 2.83. The molecule has 0 aromatic heterocycles. The maximum atomic E-state index is 11.0. The maximum absolute atomic E-state index is 11.0. The van der Waals surface area contributed by atoms with Crippen molar-refractivity contribution in [2.75, 3.05) is 7.05 Å². The molecule has 0 bridgehead atoms. The molecule has 84 valence electrons. The minimum absolute atomic E-state index is 0.116. The zero-order valence-electron chi connectivity index (χ0n) is 8.85. The first-order valence-corrected chi connectivity index (χ1v) is 5.39. The van der Waals surface area contributed by atoms with Gasteiger partial charge in [-0.3, -0.25) is 0 Å². The fourth-order valence-corrected chi connectivity index (χ4v) is 2.12. The monoisotopic (exact) mass is 237 g/mol. The molecule has 0 saturated heterocycles. The molecule has 1 unspecified atom stereocenters. The molecule has 1 amide bonds. The predicted octanol–water partition coefficient (Wildman–Crippen LogP) is 3.41. The van der Waals surface area contributed by atoms with Gasteiger partial charge in [0.05, 0.1) is 6.04 Å². The molecular weight excluding hydrogens is 226 g/mol. The van der Waals surface area contributed by atoms with E-state index in [4.69, 9.17) is 16.7 Å². The van der Waals surface area contributed by atoms with Crippen molar-refractivity contribution in [2.45, 2.75) is 12.5 Å². The quantitative estimate of drug-likeness (QED) is 0.813. The van der Waals surface area contributed by atoms with E-state index >= 15 is 0 Å². The Kier molecular flexibility index (Phi) is 2.88. The summed E-state index contributed by atoms with van der Waals surface area (Å²) >= 11 is 5.90. The summed E-state index contributed by atoms with van der Waals surface area (Å²) in [4.78, 5) is 12.3. The normalized spacial score (nSPS) is 18.0. The Bertz CT molecular complexity index is 456. The highest BCUT2D eigenvalue weighted by Gasteiger charge is 2.24. The van der Waals surface area contributed by atoms with Crippen molar-refractivity contribution in [1.82, 2.24) is 4.90 Å². The lowest BCUT2D eigenvalue weighted by Crippen LogP contribution is -2.30. The van der Waals surface area contributed by atoms with E-state index in [0.717, 1.165) is 11.1 Å². The maximum Gasteiger partial charge on any atom is 0.407 e. The van der Waals surface area contributed by atoms with Gasteiger partial charge in [-0.1, -0.05) is 29.8 Å². The number of benzene rings is 1. The van der Waals surface area contributed by atoms with E-state index in [-0.39, 0.29) is 6.04 Å². The van der Waals surface area contributed by atoms with Crippen molar-refractivity contribution < 1.29 is 9.90 Å². The van der Waals surface area contributed by atoms with Gasteiger partial charge in [-0.25, -0.2) is 4.79 Å². The van der Waals surface area contributed by atoms with E-state index in [1.54, 1.807) is 13.1 Å². The van der Waals surface area contributed by atoms with Crippen LogP contribution in [0.4, 0.5) is 4.79 Å². The molecule has 3 nitrogen and oxygen atoms in total. The van der Waals surface area contributed by atoms with Gasteiger partial charge in [-0.15, -0.1) is 0 Å². The minimum Gasteiger partial charge on any atom is -0.465 e. The van der Waals surface area contributed by atoms with E-state index in [1.807, 2.05) is 24.3 Å². The second kappa shape index (κ2) is 4.18. The van der Waals surface area contributed by atoms with E-state index in [2.05, 4.69) is 0 Å². The average molecular weight is 238 g/mol. The van der Waals surface area contributed by atoms with Crippen LogP contribution in [0.3, 0.4) is 0 Å². The van der Waals surface area contributed by atoms with Gasteiger partial charge in [0, 0.05) is 12.1 Å². The third-order valence-corrected chi connectivity index (χ3v) is 3.07. The highest BCUT2D eigenvalue weighted by atomic mass is 35.5. The lowest BCUT2D eigenvalue weighted by Gasteiger charge is -2.28. The van der Waals surface area contributed by atoms with Crippen LogP contribution in [-0.2, 0) is 0 Å². The average Bonchev–Trinajstić information content (AvgIpc) is 2.26. The molecule has 0 heterocycles. The van der Waals surface area contributed by atoms with Crippen molar-refractivity contribution in [3.8, 4) is 0 Å². The second-order valence-corrected chi connectivity index (χ2v) is 4.26. The Morgan fingerprint density at radius 1 is 1.56 bits per heavy atom. The number of nitrogens with zero attached hydrogens (tertiary/aromatic N) is 1. The molecule has 1 aromatic carbocycles. The zero-order chi connectivity index (χ0) is 11.7. The molecule has 0 radical (unpaired) electrons. The smallest absolute Gasteiger partial charge is 0.407 e. The van der Waals surface area contributed by atoms with Crippen LogP contribution in [0.25, 0.3) is 6.08 Å². The highest BCUT2D eigenvalue weighted by Crippen LogP contribution is 2.33. The number of rotatable bonds is 1. The molecule has 2 rings (SSSR count). The fourth-order valence-electron chi connectivity index (χ4n) is 1.94. The molecule has 1 atom stereocenters. The van der Waals surface area contributed by atoms with E-state index < -0.39 is 6.09 Å². The third kappa shape index (κ3) is 1.91. The lowest BCUT2D eigenvalue weighted by atomic mass is 9.92. The number of hydrogen-bond acceptors (Lipinski definition) is 1. The molecule has 0 saturated carbocycles. The first kappa shape index (κ1) is 11.0. The zero-order valence-corrected chi connectivity index (χ0v) is 9.61.